The SMILES string of the molecule is O=C(O)CCCN1CSc2nnc(-c3cccc(F)c3)n2C1. The van der Waals surface area contributed by atoms with Crippen LogP contribution in [0.2, 0.25) is 0 Å². The highest BCUT2D eigenvalue weighted by Gasteiger charge is 2.22. The van der Waals surface area contributed by atoms with Crippen molar-refractivity contribution in [2.45, 2.75) is 24.7 Å². The van der Waals surface area contributed by atoms with E-state index in [1.54, 1.807) is 23.9 Å². The molecule has 0 aliphatic carbocycles. The molecular weight excluding hydrogens is 307 g/mol. The molecule has 8 heteroatoms. The molecule has 3 rings (SSSR count). The molecule has 116 valence electrons. The van der Waals surface area contributed by atoms with Gasteiger partial charge in [0, 0.05) is 18.5 Å². The van der Waals surface area contributed by atoms with Crippen molar-refractivity contribution < 1.29 is 14.3 Å². The number of aromatic nitrogens is 3. The van der Waals surface area contributed by atoms with Gasteiger partial charge in [-0.2, -0.15) is 0 Å². The lowest BCUT2D eigenvalue weighted by Crippen LogP contribution is -2.31. The van der Waals surface area contributed by atoms with Crippen LogP contribution in [0.1, 0.15) is 12.8 Å². The number of fused-ring (bicyclic) bond motifs is 1. The fourth-order valence-electron chi connectivity index (χ4n) is 2.34. The van der Waals surface area contributed by atoms with Gasteiger partial charge in [0.05, 0.1) is 12.5 Å². The van der Waals surface area contributed by atoms with E-state index < -0.39 is 5.97 Å². The maximum atomic E-state index is 13.4. The standard InChI is InChI=1S/C14H15FN4O2S/c15-11-4-1-3-10(7-11)13-16-17-14-19(13)8-18(9-22-14)6-2-5-12(20)21/h1,3-4,7H,2,5-6,8-9H2,(H,20,21). The average Bonchev–Trinajstić information content (AvgIpc) is 2.90. The number of halogens is 1. The van der Waals surface area contributed by atoms with Crippen LogP contribution in [-0.4, -0.2) is 43.2 Å². The number of carbonyl (C=O) groups is 1. The summed E-state index contributed by atoms with van der Waals surface area (Å²) in [7, 11) is 0. The molecule has 1 aromatic heterocycles. The largest absolute Gasteiger partial charge is 0.481 e. The first-order valence-corrected chi connectivity index (χ1v) is 7.88. The summed E-state index contributed by atoms with van der Waals surface area (Å²) in [6, 6.07) is 6.27. The van der Waals surface area contributed by atoms with E-state index in [0.29, 0.717) is 31.0 Å². The number of hydrogen-bond donors (Lipinski definition) is 1. The van der Waals surface area contributed by atoms with Crippen molar-refractivity contribution in [3.63, 3.8) is 0 Å². The van der Waals surface area contributed by atoms with Gasteiger partial charge in [0.2, 0.25) is 0 Å². The zero-order valence-electron chi connectivity index (χ0n) is 11.8. The maximum Gasteiger partial charge on any atom is 0.303 e. The molecule has 0 radical (unpaired) electrons. The quantitative estimate of drug-likeness (QED) is 0.910. The van der Waals surface area contributed by atoms with E-state index in [-0.39, 0.29) is 12.2 Å². The molecular formula is C14H15FN4O2S. The van der Waals surface area contributed by atoms with Crippen LogP contribution in [0, 0.1) is 5.82 Å². The molecule has 0 fully saturated rings. The van der Waals surface area contributed by atoms with Crippen LogP contribution in [-0.2, 0) is 11.5 Å². The van der Waals surface area contributed by atoms with Crippen LogP contribution in [0.15, 0.2) is 29.4 Å². The lowest BCUT2D eigenvalue weighted by atomic mass is 10.2. The van der Waals surface area contributed by atoms with Crippen LogP contribution in [0.5, 0.6) is 0 Å². The first-order valence-electron chi connectivity index (χ1n) is 6.89. The van der Waals surface area contributed by atoms with Gasteiger partial charge < -0.3 is 5.11 Å². The molecule has 2 aromatic rings. The van der Waals surface area contributed by atoms with Crippen LogP contribution in [0.3, 0.4) is 0 Å². The lowest BCUT2D eigenvalue weighted by molar-refractivity contribution is -0.137. The minimum atomic E-state index is -0.782. The van der Waals surface area contributed by atoms with Crippen LogP contribution in [0.4, 0.5) is 4.39 Å². The highest BCUT2D eigenvalue weighted by atomic mass is 32.2. The monoisotopic (exact) mass is 322 g/mol. The molecule has 6 nitrogen and oxygen atoms in total. The Kier molecular flexibility index (Phi) is 4.39. The predicted molar refractivity (Wildman–Crippen MR) is 79.7 cm³/mol. The van der Waals surface area contributed by atoms with Gasteiger partial charge in [-0.3, -0.25) is 14.3 Å². The summed E-state index contributed by atoms with van der Waals surface area (Å²) in [4.78, 5) is 12.7. The van der Waals surface area contributed by atoms with Crippen molar-refractivity contribution in [3.8, 4) is 11.4 Å². The van der Waals surface area contributed by atoms with E-state index >= 15 is 0 Å². The van der Waals surface area contributed by atoms with Gasteiger partial charge in [-0.15, -0.1) is 10.2 Å². The molecule has 1 aliphatic rings. The van der Waals surface area contributed by atoms with Crippen molar-refractivity contribution in [1.29, 1.82) is 0 Å². The number of hydrogen-bond acceptors (Lipinski definition) is 5. The average molecular weight is 322 g/mol. The fraction of sp³-hybridized carbons (Fsp3) is 0.357. The number of benzene rings is 1. The molecule has 1 aromatic carbocycles. The Balaban J connectivity index is 1.75. The summed E-state index contributed by atoms with van der Waals surface area (Å²) in [6.07, 6.45) is 0.760. The van der Waals surface area contributed by atoms with Gasteiger partial charge in [-0.05, 0) is 18.6 Å². The molecule has 0 saturated heterocycles. The first kappa shape index (κ1) is 15.0. The van der Waals surface area contributed by atoms with Gasteiger partial charge in [0.15, 0.2) is 11.0 Å². The lowest BCUT2D eigenvalue weighted by Gasteiger charge is -2.27. The second-order valence-electron chi connectivity index (χ2n) is 5.05. The summed E-state index contributed by atoms with van der Waals surface area (Å²) in [6.45, 7) is 1.28. The molecule has 0 spiro atoms. The number of nitrogens with zero attached hydrogens (tertiary/aromatic N) is 4. The zero-order valence-corrected chi connectivity index (χ0v) is 12.6. The smallest absolute Gasteiger partial charge is 0.303 e. The summed E-state index contributed by atoms with van der Waals surface area (Å²) < 4.78 is 15.3. The Morgan fingerprint density at radius 3 is 3.05 bits per heavy atom. The minimum absolute atomic E-state index is 0.160. The number of rotatable bonds is 5. The van der Waals surface area contributed by atoms with Crippen LogP contribution >= 0.6 is 11.8 Å². The third-order valence-electron chi connectivity index (χ3n) is 3.38. The molecule has 2 heterocycles. The Morgan fingerprint density at radius 2 is 2.27 bits per heavy atom. The second-order valence-corrected chi connectivity index (χ2v) is 5.96. The van der Waals surface area contributed by atoms with Crippen LogP contribution in [0.25, 0.3) is 11.4 Å². The summed E-state index contributed by atoms with van der Waals surface area (Å²) in [5, 5.41) is 17.8. The highest BCUT2D eigenvalue weighted by molar-refractivity contribution is 7.99. The van der Waals surface area contributed by atoms with E-state index in [9.17, 15) is 9.18 Å². The predicted octanol–water partition coefficient (Wildman–Crippen LogP) is 2.27. The first-order chi connectivity index (χ1) is 10.6. The number of thioether (sulfide) groups is 1. The Labute approximate surface area is 131 Å². The molecule has 1 aliphatic heterocycles. The summed E-state index contributed by atoms with van der Waals surface area (Å²) in [5.41, 5.74) is 0.687. The van der Waals surface area contributed by atoms with E-state index in [1.807, 2.05) is 4.57 Å². The van der Waals surface area contributed by atoms with Crippen molar-refractivity contribution >= 4 is 17.7 Å². The molecule has 0 bridgehead atoms. The maximum absolute atomic E-state index is 13.4. The number of carboxylic acids is 1. The van der Waals surface area contributed by atoms with Crippen molar-refractivity contribution in [2.24, 2.45) is 0 Å². The number of aliphatic carboxylic acids is 1. The third kappa shape index (κ3) is 3.28. The van der Waals surface area contributed by atoms with Gasteiger partial charge >= 0.3 is 5.97 Å². The summed E-state index contributed by atoms with van der Waals surface area (Å²) in [5.74, 6) is 0.289. The number of carboxylic acid groups (broad SMARTS) is 1. The highest BCUT2D eigenvalue weighted by Crippen LogP contribution is 2.29. The van der Waals surface area contributed by atoms with Crippen LogP contribution < -0.4 is 0 Å². The van der Waals surface area contributed by atoms with E-state index in [0.717, 1.165) is 11.0 Å². The Bertz CT molecular complexity index is 691. The molecule has 0 unspecified atom stereocenters. The summed E-state index contributed by atoms with van der Waals surface area (Å²) >= 11 is 1.55. The molecule has 0 atom stereocenters. The Hall–Kier alpha value is -1.93. The van der Waals surface area contributed by atoms with Gasteiger partial charge in [-0.25, -0.2) is 4.39 Å². The van der Waals surface area contributed by atoms with Gasteiger partial charge in [0.25, 0.3) is 0 Å². The van der Waals surface area contributed by atoms with Gasteiger partial charge in [0.1, 0.15) is 5.82 Å². The van der Waals surface area contributed by atoms with Crippen molar-refractivity contribution in [1.82, 2.24) is 19.7 Å². The van der Waals surface area contributed by atoms with Gasteiger partial charge in [-0.1, -0.05) is 23.9 Å². The molecule has 0 amide bonds. The van der Waals surface area contributed by atoms with Crippen molar-refractivity contribution in [3.05, 3.63) is 30.1 Å². The van der Waals surface area contributed by atoms with E-state index in [2.05, 4.69) is 15.1 Å². The molecule has 1 N–H and O–H groups in total. The second kappa shape index (κ2) is 6.45. The topological polar surface area (TPSA) is 71.2 Å². The van der Waals surface area contributed by atoms with Crippen molar-refractivity contribution in [2.75, 3.05) is 12.4 Å². The van der Waals surface area contributed by atoms with E-state index in [4.69, 9.17) is 5.11 Å². The van der Waals surface area contributed by atoms with E-state index in [1.165, 1.54) is 12.1 Å². The Morgan fingerprint density at radius 1 is 1.41 bits per heavy atom. The third-order valence-corrected chi connectivity index (χ3v) is 4.44. The normalized spacial score (nSPS) is 14.8. The zero-order chi connectivity index (χ0) is 15.5. The fourth-order valence-corrected chi connectivity index (χ4v) is 3.25. The molecule has 0 saturated carbocycles. The minimum Gasteiger partial charge on any atom is -0.481 e. The molecule has 22 heavy (non-hydrogen) atoms.